The highest BCUT2D eigenvalue weighted by Gasteiger charge is 2.47. The first-order valence-electron chi connectivity index (χ1n) is 11.8. The van der Waals surface area contributed by atoms with Gasteiger partial charge in [-0.3, -0.25) is 9.69 Å². The fourth-order valence-electron chi connectivity index (χ4n) is 5.85. The van der Waals surface area contributed by atoms with Gasteiger partial charge in [-0.15, -0.1) is 0 Å². The second-order valence-electron chi connectivity index (χ2n) is 9.81. The predicted molar refractivity (Wildman–Crippen MR) is 118 cm³/mol. The van der Waals surface area contributed by atoms with Crippen molar-refractivity contribution in [2.75, 3.05) is 57.4 Å². The van der Waals surface area contributed by atoms with Gasteiger partial charge in [0.2, 0.25) is 5.91 Å². The Hall–Kier alpha value is -1.67. The smallest absolute Gasteiger partial charge is 0.249 e. The molecular formula is C24H35N3O4. The maximum Gasteiger partial charge on any atom is 0.249 e. The Kier molecular flexibility index (Phi) is 5.94. The highest BCUT2D eigenvalue weighted by atomic mass is 16.5. The number of rotatable bonds is 4. The number of carbonyl (C=O) groups excluding carboxylic acids is 1. The fourth-order valence-corrected chi connectivity index (χ4v) is 5.85. The molecule has 1 aromatic rings. The van der Waals surface area contributed by atoms with Crippen molar-refractivity contribution in [1.82, 2.24) is 9.80 Å². The molecule has 7 nitrogen and oxygen atoms in total. The van der Waals surface area contributed by atoms with Crippen LogP contribution in [0.4, 0.5) is 5.69 Å². The van der Waals surface area contributed by atoms with Gasteiger partial charge in [0, 0.05) is 57.7 Å². The molecule has 0 spiro atoms. The summed E-state index contributed by atoms with van der Waals surface area (Å²) in [6.45, 7) is 7.73. The molecule has 0 aliphatic carbocycles. The zero-order chi connectivity index (χ0) is 21.4. The van der Waals surface area contributed by atoms with Gasteiger partial charge in [-0.05, 0) is 50.3 Å². The Morgan fingerprint density at radius 3 is 2.68 bits per heavy atom. The summed E-state index contributed by atoms with van der Waals surface area (Å²) in [7, 11) is 0. The van der Waals surface area contributed by atoms with Crippen LogP contribution in [0.3, 0.4) is 0 Å². The predicted octanol–water partition coefficient (Wildman–Crippen LogP) is 1.42. The molecule has 31 heavy (non-hydrogen) atoms. The molecule has 1 N–H and O–H groups in total. The summed E-state index contributed by atoms with van der Waals surface area (Å²) in [5.41, 5.74) is 1.83. The molecule has 4 saturated heterocycles. The van der Waals surface area contributed by atoms with Crippen molar-refractivity contribution in [3.63, 3.8) is 0 Å². The van der Waals surface area contributed by atoms with E-state index in [9.17, 15) is 9.90 Å². The number of morpholine rings is 1. The van der Waals surface area contributed by atoms with Crippen LogP contribution in [0, 0.1) is 6.92 Å². The summed E-state index contributed by atoms with van der Waals surface area (Å²) < 4.78 is 11.4. The van der Waals surface area contributed by atoms with Gasteiger partial charge in [0.15, 0.2) is 0 Å². The lowest BCUT2D eigenvalue weighted by Gasteiger charge is -2.43. The number of nitrogens with zero attached hydrogens (tertiary/aromatic N) is 3. The van der Waals surface area contributed by atoms with E-state index in [1.165, 1.54) is 11.3 Å². The van der Waals surface area contributed by atoms with Crippen LogP contribution in [-0.4, -0.2) is 97.1 Å². The third kappa shape index (κ3) is 4.46. The van der Waals surface area contributed by atoms with Crippen molar-refractivity contribution in [1.29, 1.82) is 0 Å². The average molecular weight is 430 g/mol. The number of ether oxygens (including phenoxy) is 2. The highest BCUT2D eigenvalue weighted by molar-refractivity contribution is 5.79. The zero-order valence-corrected chi connectivity index (χ0v) is 18.5. The van der Waals surface area contributed by atoms with E-state index in [-0.39, 0.29) is 30.7 Å². The lowest BCUT2D eigenvalue weighted by atomic mass is 9.90. The first-order chi connectivity index (χ1) is 15.0. The number of likely N-dealkylation sites (tertiary alicyclic amines) is 1. The lowest BCUT2D eigenvalue weighted by molar-refractivity contribution is -0.159. The minimum atomic E-state index is -0.679. The fraction of sp³-hybridized carbons (Fsp3) is 0.708. The van der Waals surface area contributed by atoms with Crippen molar-refractivity contribution in [2.24, 2.45) is 0 Å². The van der Waals surface area contributed by atoms with Crippen LogP contribution in [-0.2, 0) is 14.3 Å². The third-order valence-corrected chi connectivity index (χ3v) is 7.54. The van der Waals surface area contributed by atoms with E-state index in [4.69, 9.17) is 9.47 Å². The molecule has 0 unspecified atom stereocenters. The van der Waals surface area contributed by atoms with Gasteiger partial charge in [0.05, 0.1) is 17.7 Å². The minimum absolute atomic E-state index is 0.0523. The van der Waals surface area contributed by atoms with Gasteiger partial charge < -0.3 is 24.4 Å². The van der Waals surface area contributed by atoms with Crippen LogP contribution in [0.25, 0.3) is 0 Å². The zero-order valence-electron chi connectivity index (χ0n) is 18.5. The number of fused-ring (bicyclic) bond motifs is 1. The number of aliphatic hydroxyl groups is 1. The molecule has 170 valence electrons. The second-order valence-corrected chi connectivity index (χ2v) is 9.81. The molecule has 1 amide bonds. The molecule has 0 saturated carbocycles. The average Bonchev–Trinajstić information content (AvgIpc) is 3.16. The van der Waals surface area contributed by atoms with Gasteiger partial charge >= 0.3 is 0 Å². The number of hydrogen-bond donors (Lipinski definition) is 1. The van der Waals surface area contributed by atoms with E-state index in [1.54, 1.807) is 0 Å². The molecule has 0 bridgehead atoms. The van der Waals surface area contributed by atoms with Crippen LogP contribution in [0.15, 0.2) is 24.3 Å². The van der Waals surface area contributed by atoms with Crippen molar-refractivity contribution in [2.45, 2.75) is 56.4 Å². The van der Waals surface area contributed by atoms with Crippen molar-refractivity contribution >= 4 is 11.6 Å². The third-order valence-electron chi connectivity index (χ3n) is 7.54. The number of amides is 1. The molecule has 4 heterocycles. The first-order valence-corrected chi connectivity index (χ1v) is 11.8. The van der Waals surface area contributed by atoms with Crippen LogP contribution < -0.4 is 4.90 Å². The van der Waals surface area contributed by atoms with Crippen molar-refractivity contribution < 1.29 is 19.4 Å². The van der Waals surface area contributed by atoms with E-state index in [2.05, 4.69) is 45.9 Å². The van der Waals surface area contributed by atoms with Gasteiger partial charge in [-0.25, -0.2) is 0 Å². The summed E-state index contributed by atoms with van der Waals surface area (Å²) in [4.78, 5) is 19.5. The van der Waals surface area contributed by atoms with Crippen molar-refractivity contribution in [3.8, 4) is 0 Å². The number of hydrogen-bond acceptors (Lipinski definition) is 6. The second kappa shape index (κ2) is 8.70. The molecule has 2 atom stereocenters. The standard InChI is InChI=1S/C24H35N3O4/c1-18-3-2-4-20(13-18)26-9-7-24(29,8-10-26)17-25-14-21-22(15-25)31-16-23(28)27(21)19-5-11-30-12-6-19/h2-4,13,19,21-22,29H,5-12,14-17H2,1H3/t21-,22-/m0/s1. The van der Waals surface area contributed by atoms with E-state index >= 15 is 0 Å². The SMILES string of the molecule is Cc1cccc(N2CCC(O)(CN3C[C@@H]4OCC(=O)N(C5CCOCC5)[C@H]4C3)CC2)c1. The van der Waals surface area contributed by atoms with E-state index < -0.39 is 5.60 Å². The molecule has 4 aliphatic heterocycles. The molecule has 0 radical (unpaired) electrons. The van der Waals surface area contributed by atoms with Crippen LogP contribution in [0.5, 0.6) is 0 Å². The number of β-amino-alcohol motifs (C(OH)–C–C–N with tert-alkyl or cyclic N) is 1. The highest BCUT2D eigenvalue weighted by Crippen LogP contribution is 2.32. The van der Waals surface area contributed by atoms with Gasteiger partial charge in [-0.1, -0.05) is 12.1 Å². The monoisotopic (exact) mass is 429 g/mol. The van der Waals surface area contributed by atoms with Crippen molar-refractivity contribution in [3.05, 3.63) is 29.8 Å². The maximum absolute atomic E-state index is 12.7. The van der Waals surface area contributed by atoms with E-state index in [1.807, 2.05) is 0 Å². The quantitative estimate of drug-likeness (QED) is 0.781. The Labute approximate surface area is 184 Å². The first kappa shape index (κ1) is 21.2. The molecular weight excluding hydrogens is 394 g/mol. The number of piperidine rings is 1. The number of benzene rings is 1. The summed E-state index contributed by atoms with van der Waals surface area (Å²) in [6, 6.07) is 8.95. The Morgan fingerprint density at radius 1 is 1.16 bits per heavy atom. The molecule has 5 rings (SSSR count). The Bertz CT molecular complexity index is 789. The summed E-state index contributed by atoms with van der Waals surface area (Å²) in [5, 5.41) is 11.3. The Morgan fingerprint density at radius 2 is 1.94 bits per heavy atom. The van der Waals surface area contributed by atoms with Gasteiger partial charge in [-0.2, -0.15) is 0 Å². The van der Waals surface area contributed by atoms with Crippen LogP contribution in [0.1, 0.15) is 31.2 Å². The van der Waals surface area contributed by atoms with Crippen LogP contribution >= 0.6 is 0 Å². The summed E-state index contributed by atoms with van der Waals surface area (Å²) >= 11 is 0. The van der Waals surface area contributed by atoms with E-state index in [0.717, 1.165) is 65.1 Å². The summed E-state index contributed by atoms with van der Waals surface area (Å²) in [5.74, 6) is 0.111. The topological polar surface area (TPSA) is 65.5 Å². The molecule has 0 aromatic heterocycles. The number of carbonyl (C=O) groups is 1. The normalized spacial score (nSPS) is 29.9. The van der Waals surface area contributed by atoms with Gasteiger partial charge in [0.1, 0.15) is 6.61 Å². The molecule has 4 aliphatic rings. The molecule has 4 fully saturated rings. The van der Waals surface area contributed by atoms with Gasteiger partial charge in [0.25, 0.3) is 0 Å². The molecule has 1 aromatic carbocycles. The number of anilines is 1. The maximum atomic E-state index is 12.7. The Balaban J connectivity index is 1.20. The summed E-state index contributed by atoms with van der Waals surface area (Å²) in [6.07, 6.45) is 3.39. The minimum Gasteiger partial charge on any atom is -0.388 e. The van der Waals surface area contributed by atoms with Crippen LogP contribution in [0.2, 0.25) is 0 Å². The largest absolute Gasteiger partial charge is 0.388 e. The number of aryl methyl sites for hydroxylation is 1. The van der Waals surface area contributed by atoms with E-state index in [0.29, 0.717) is 6.54 Å². The molecule has 7 heteroatoms. The lowest BCUT2D eigenvalue weighted by Crippen LogP contribution is -2.59.